The Morgan fingerprint density at radius 1 is 0.789 bits per heavy atom. The van der Waals surface area contributed by atoms with Crippen molar-refractivity contribution >= 4 is 17.8 Å². The molecule has 0 saturated carbocycles. The van der Waals surface area contributed by atoms with Gasteiger partial charge in [-0.2, -0.15) is 0 Å². The number of aromatic nitrogens is 2. The number of likely N-dealkylation sites (tertiary alicyclic amines) is 1. The highest BCUT2D eigenvalue weighted by Crippen LogP contribution is 2.17. The van der Waals surface area contributed by atoms with Crippen LogP contribution in [0.5, 0.6) is 5.75 Å². The number of nitrogens with one attached hydrogen (secondary N) is 1. The van der Waals surface area contributed by atoms with Crippen molar-refractivity contribution in [3.8, 4) is 5.75 Å². The van der Waals surface area contributed by atoms with Crippen molar-refractivity contribution in [1.29, 1.82) is 0 Å². The van der Waals surface area contributed by atoms with Crippen LogP contribution < -0.4 is 10.1 Å². The molecule has 5 rings (SSSR count). The average Bonchev–Trinajstić information content (AvgIpc) is 2.96. The largest absolute Gasteiger partial charge is 0.415 e. The number of benzene rings is 1. The molecule has 2 fully saturated rings. The minimum Gasteiger partial charge on any atom is -0.409 e. The Labute approximate surface area is 223 Å². The van der Waals surface area contributed by atoms with Crippen molar-refractivity contribution in [1.82, 2.24) is 24.7 Å². The van der Waals surface area contributed by atoms with Gasteiger partial charge in [-0.3, -0.25) is 19.6 Å². The molecule has 0 bridgehead atoms. The first-order valence-corrected chi connectivity index (χ1v) is 13.3. The predicted molar refractivity (Wildman–Crippen MR) is 145 cm³/mol. The van der Waals surface area contributed by atoms with Gasteiger partial charge in [0.15, 0.2) is 5.75 Å². The summed E-state index contributed by atoms with van der Waals surface area (Å²) in [6, 6.07) is 15.0. The minimum absolute atomic E-state index is 0.226. The van der Waals surface area contributed by atoms with Gasteiger partial charge in [0.05, 0.1) is 6.20 Å². The van der Waals surface area contributed by atoms with Crippen LogP contribution in [0.15, 0.2) is 67.1 Å². The molecule has 3 aromatic rings. The molecule has 0 spiro atoms. The second kappa shape index (κ2) is 12.6. The van der Waals surface area contributed by atoms with Gasteiger partial charge in [0, 0.05) is 57.2 Å². The van der Waals surface area contributed by atoms with Crippen LogP contribution in [0.3, 0.4) is 0 Å². The Hall–Kier alpha value is -3.82. The maximum atomic E-state index is 12.7. The summed E-state index contributed by atoms with van der Waals surface area (Å²) in [4.78, 5) is 40.1. The van der Waals surface area contributed by atoms with Gasteiger partial charge >= 0.3 is 6.09 Å². The third-order valence-electron chi connectivity index (χ3n) is 7.01. The number of ether oxygens (including phenoxy) is 1. The average molecular weight is 515 g/mol. The number of nitrogens with zero attached hydrogens (tertiary/aromatic N) is 5. The fourth-order valence-corrected chi connectivity index (χ4v) is 4.84. The minimum atomic E-state index is -0.394. The second-order valence-electron chi connectivity index (χ2n) is 9.86. The molecular weight excluding hydrogens is 480 g/mol. The summed E-state index contributed by atoms with van der Waals surface area (Å²) >= 11 is 0. The summed E-state index contributed by atoms with van der Waals surface area (Å²) in [5.41, 5.74) is 2.95. The lowest BCUT2D eigenvalue weighted by atomic mass is 10.1. The smallest absolute Gasteiger partial charge is 0.409 e. The number of pyridine rings is 2. The van der Waals surface area contributed by atoms with Crippen LogP contribution in [0.25, 0.3) is 0 Å². The molecule has 0 atom stereocenters. The van der Waals surface area contributed by atoms with Crippen LogP contribution in [0.4, 0.5) is 10.6 Å². The zero-order valence-corrected chi connectivity index (χ0v) is 21.6. The number of piperazine rings is 1. The fraction of sp³-hybridized carbons (Fsp3) is 0.379. The number of hydrogen-bond acceptors (Lipinski definition) is 7. The van der Waals surface area contributed by atoms with E-state index in [0.29, 0.717) is 30.2 Å². The summed E-state index contributed by atoms with van der Waals surface area (Å²) in [6.45, 7) is 6.75. The Kier molecular flexibility index (Phi) is 8.57. The third-order valence-corrected chi connectivity index (χ3v) is 7.01. The predicted octanol–water partition coefficient (Wildman–Crippen LogP) is 4.03. The molecule has 198 valence electrons. The summed E-state index contributed by atoms with van der Waals surface area (Å²) in [7, 11) is 0. The Bertz CT molecular complexity index is 1190. The third kappa shape index (κ3) is 7.14. The van der Waals surface area contributed by atoms with E-state index in [1.54, 1.807) is 23.2 Å². The number of rotatable bonds is 7. The van der Waals surface area contributed by atoms with E-state index in [4.69, 9.17) is 4.74 Å². The van der Waals surface area contributed by atoms with Crippen molar-refractivity contribution in [2.75, 3.05) is 44.6 Å². The van der Waals surface area contributed by atoms with Crippen molar-refractivity contribution in [3.63, 3.8) is 0 Å². The van der Waals surface area contributed by atoms with Gasteiger partial charge in [-0.25, -0.2) is 9.78 Å². The van der Waals surface area contributed by atoms with Gasteiger partial charge in [0.1, 0.15) is 5.82 Å². The van der Waals surface area contributed by atoms with Gasteiger partial charge < -0.3 is 15.0 Å². The number of amides is 2. The van der Waals surface area contributed by atoms with E-state index in [9.17, 15) is 9.59 Å². The molecule has 9 nitrogen and oxygen atoms in total. The normalized spacial score (nSPS) is 16.7. The lowest BCUT2D eigenvalue weighted by molar-refractivity contribution is 0.102. The molecule has 1 aromatic carbocycles. The zero-order valence-electron chi connectivity index (χ0n) is 21.6. The van der Waals surface area contributed by atoms with Gasteiger partial charge in [0.25, 0.3) is 5.91 Å². The number of piperidine rings is 1. The van der Waals surface area contributed by atoms with E-state index in [-0.39, 0.29) is 5.91 Å². The molecule has 38 heavy (non-hydrogen) atoms. The maximum absolute atomic E-state index is 12.7. The van der Waals surface area contributed by atoms with Gasteiger partial charge in [-0.15, -0.1) is 0 Å². The highest BCUT2D eigenvalue weighted by molar-refractivity contribution is 6.03. The van der Waals surface area contributed by atoms with Crippen molar-refractivity contribution in [2.45, 2.75) is 32.4 Å². The topological polar surface area (TPSA) is 90.9 Å². The van der Waals surface area contributed by atoms with Crippen molar-refractivity contribution in [3.05, 3.63) is 83.8 Å². The van der Waals surface area contributed by atoms with E-state index in [1.165, 1.54) is 31.0 Å². The molecule has 4 heterocycles. The van der Waals surface area contributed by atoms with Crippen LogP contribution in [0.1, 0.15) is 40.7 Å². The number of carbonyl (C=O) groups is 2. The molecule has 2 saturated heterocycles. The molecule has 0 unspecified atom stereocenters. The molecule has 2 aromatic heterocycles. The van der Waals surface area contributed by atoms with E-state index in [2.05, 4.69) is 31.2 Å². The Morgan fingerprint density at radius 3 is 2.21 bits per heavy atom. The first-order chi connectivity index (χ1) is 18.6. The van der Waals surface area contributed by atoms with E-state index in [1.807, 2.05) is 36.5 Å². The van der Waals surface area contributed by atoms with E-state index >= 15 is 0 Å². The SMILES string of the molecule is O=C(Nc1ccc(OC(=O)N2CCN(Cc3cccnc3)CC2)cn1)c1ccc(CN2CCCCC2)cc1. The number of carbonyl (C=O) groups excluding carboxylic acids is 2. The molecule has 9 heteroatoms. The van der Waals surface area contributed by atoms with Gasteiger partial charge in [0.2, 0.25) is 0 Å². The van der Waals surface area contributed by atoms with Crippen molar-refractivity contribution < 1.29 is 14.3 Å². The van der Waals surface area contributed by atoms with Crippen LogP contribution in [-0.2, 0) is 13.1 Å². The van der Waals surface area contributed by atoms with E-state index in [0.717, 1.165) is 44.8 Å². The standard InChI is InChI=1S/C29H34N6O3/c36-28(25-8-6-23(7-9-25)21-33-13-2-1-3-14-33)32-27-11-10-26(20-31-27)38-29(37)35-17-15-34(16-18-35)22-24-5-4-12-30-19-24/h4-12,19-20H,1-3,13-18,21-22H2,(H,31,32,36). The quantitative estimate of drug-likeness (QED) is 0.509. The molecule has 2 aliphatic rings. The Balaban J connectivity index is 1.06. The first kappa shape index (κ1) is 25.8. The summed E-state index contributed by atoms with van der Waals surface area (Å²) < 4.78 is 5.51. The molecule has 0 radical (unpaired) electrons. The van der Waals surface area contributed by atoms with Crippen LogP contribution >= 0.6 is 0 Å². The van der Waals surface area contributed by atoms with Gasteiger partial charge in [-0.1, -0.05) is 24.6 Å². The zero-order chi connectivity index (χ0) is 26.2. The number of hydrogen-bond donors (Lipinski definition) is 1. The molecule has 0 aliphatic carbocycles. The molecule has 1 N–H and O–H groups in total. The first-order valence-electron chi connectivity index (χ1n) is 13.3. The van der Waals surface area contributed by atoms with E-state index < -0.39 is 6.09 Å². The van der Waals surface area contributed by atoms with Crippen molar-refractivity contribution in [2.24, 2.45) is 0 Å². The highest BCUT2D eigenvalue weighted by atomic mass is 16.6. The summed E-state index contributed by atoms with van der Waals surface area (Å²) in [6.07, 6.45) is 8.53. The highest BCUT2D eigenvalue weighted by Gasteiger charge is 2.23. The number of anilines is 1. The summed E-state index contributed by atoms with van der Waals surface area (Å²) in [5, 5.41) is 2.81. The lowest BCUT2D eigenvalue weighted by Gasteiger charge is -2.33. The van der Waals surface area contributed by atoms with Crippen LogP contribution in [0.2, 0.25) is 0 Å². The Morgan fingerprint density at radius 2 is 1.53 bits per heavy atom. The molecular formula is C29H34N6O3. The molecule has 2 aliphatic heterocycles. The van der Waals surface area contributed by atoms with Crippen LogP contribution in [0, 0.1) is 0 Å². The van der Waals surface area contributed by atoms with Crippen LogP contribution in [-0.4, -0.2) is 75.9 Å². The fourth-order valence-electron chi connectivity index (χ4n) is 4.84. The summed E-state index contributed by atoms with van der Waals surface area (Å²) in [5.74, 6) is 0.514. The monoisotopic (exact) mass is 514 g/mol. The van der Waals surface area contributed by atoms with Gasteiger partial charge in [-0.05, 0) is 67.4 Å². The maximum Gasteiger partial charge on any atom is 0.415 e. The molecule has 2 amide bonds. The second-order valence-corrected chi connectivity index (χ2v) is 9.86. The lowest BCUT2D eigenvalue weighted by Crippen LogP contribution is -2.49.